The third kappa shape index (κ3) is 4.90. The van der Waals surface area contributed by atoms with E-state index in [1.165, 1.54) is 22.8 Å². The third-order valence-electron chi connectivity index (χ3n) is 5.37. The number of aryl methyl sites for hydroxylation is 3. The summed E-state index contributed by atoms with van der Waals surface area (Å²) in [5.41, 5.74) is 1.93. The average Bonchev–Trinajstić information content (AvgIpc) is 3.34. The van der Waals surface area contributed by atoms with Gasteiger partial charge in [-0.2, -0.15) is 4.31 Å². The number of benzene rings is 1. The molecule has 2 amide bonds. The first kappa shape index (κ1) is 23.6. The van der Waals surface area contributed by atoms with Crippen molar-refractivity contribution in [3.63, 3.8) is 0 Å². The number of carbonyl (C=O) groups is 3. The maximum Gasteiger partial charge on any atom is 0.325 e. The average molecular weight is 464 g/mol. The molecule has 1 fully saturated rings. The minimum atomic E-state index is -4.08. The Morgan fingerprint density at radius 1 is 1.19 bits per heavy atom. The van der Waals surface area contributed by atoms with E-state index < -0.39 is 46.6 Å². The second-order valence-corrected chi connectivity index (χ2v) is 9.61. The summed E-state index contributed by atoms with van der Waals surface area (Å²) in [5.74, 6) is -2.49. The molecule has 32 heavy (non-hydrogen) atoms. The van der Waals surface area contributed by atoms with Gasteiger partial charge < -0.3 is 14.4 Å². The summed E-state index contributed by atoms with van der Waals surface area (Å²) in [7, 11) is -2.45. The first-order valence-electron chi connectivity index (χ1n) is 9.90. The number of esters is 1. The van der Waals surface area contributed by atoms with Gasteiger partial charge in [0, 0.05) is 26.2 Å². The van der Waals surface area contributed by atoms with Gasteiger partial charge in [0.25, 0.3) is 11.8 Å². The highest BCUT2D eigenvalue weighted by Crippen LogP contribution is 2.28. The van der Waals surface area contributed by atoms with E-state index in [9.17, 15) is 27.9 Å². The van der Waals surface area contributed by atoms with Gasteiger partial charge in [-0.1, -0.05) is 6.07 Å². The van der Waals surface area contributed by atoms with Crippen LogP contribution in [0.2, 0.25) is 0 Å². The van der Waals surface area contributed by atoms with Crippen molar-refractivity contribution < 1.29 is 32.6 Å². The van der Waals surface area contributed by atoms with Crippen molar-refractivity contribution in [1.82, 2.24) is 14.2 Å². The Hall–Kier alpha value is -3.02. The summed E-state index contributed by atoms with van der Waals surface area (Å²) < 4.78 is 33.5. The molecule has 2 heterocycles. The number of imide groups is 1. The second-order valence-electron chi connectivity index (χ2n) is 7.72. The number of amides is 2. The Morgan fingerprint density at radius 3 is 2.53 bits per heavy atom. The smallest absolute Gasteiger partial charge is 0.325 e. The lowest BCUT2D eigenvalue weighted by molar-refractivity contribution is -0.151. The van der Waals surface area contributed by atoms with Crippen LogP contribution in [0.3, 0.4) is 0 Å². The van der Waals surface area contributed by atoms with Gasteiger partial charge in [0.05, 0.1) is 11.0 Å². The topological polar surface area (TPSA) is 135 Å². The normalized spacial score (nSPS) is 19.0. The minimum absolute atomic E-state index is 0.00147. The van der Waals surface area contributed by atoms with Crippen LogP contribution in [0, 0.1) is 13.8 Å². The quantitative estimate of drug-likeness (QED) is 0.587. The molecule has 3 rings (SSSR count). The zero-order valence-corrected chi connectivity index (χ0v) is 18.8. The van der Waals surface area contributed by atoms with Gasteiger partial charge in [-0.05, 0) is 49.2 Å². The molecule has 10 nitrogen and oxygen atoms in total. The molecule has 1 aromatic carbocycles. The van der Waals surface area contributed by atoms with E-state index in [1.54, 1.807) is 32.3 Å². The number of aliphatic hydroxyl groups excluding tert-OH is 1. The van der Waals surface area contributed by atoms with Gasteiger partial charge in [-0.25, -0.2) is 8.42 Å². The lowest BCUT2D eigenvalue weighted by Gasteiger charge is -2.22. The second kappa shape index (κ2) is 9.23. The predicted molar refractivity (Wildman–Crippen MR) is 113 cm³/mol. The number of rotatable bonds is 6. The number of sulfonamides is 1. The molecule has 1 aliphatic rings. The Balaban J connectivity index is 1.67. The summed E-state index contributed by atoms with van der Waals surface area (Å²) in [6, 6.07) is 6.47. The molecule has 172 valence electrons. The molecule has 2 atom stereocenters. The van der Waals surface area contributed by atoms with Crippen LogP contribution in [-0.2, 0) is 31.4 Å². The number of ether oxygens (including phenoxy) is 1. The Bertz CT molecular complexity index is 1160. The van der Waals surface area contributed by atoms with Crippen molar-refractivity contribution >= 4 is 27.8 Å². The number of hydrogen-bond acceptors (Lipinski definition) is 7. The van der Waals surface area contributed by atoms with Gasteiger partial charge in [-0.3, -0.25) is 19.7 Å². The highest BCUT2D eigenvalue weighted by atomic mass is 32.2. The number of carbonyl (C=O) groups excluding carboxylic acids is 3. The van der Waals surface area contributed by atoms with Gasteiger partial charge in [0.1, 0.15) is 11.7 Å². The highest BCUT2D eigenvalue weighted by Gasteiger charge is 2.44. The van der Waals surface area contributed by atoms with Crippen LogP contribution in [0.25, 0.3) is 0 Å². The molecule has 0 spiro atoms. The molecule has 0 radical (unpaired) electrons. The van der Waals surface area contributed by atoms with E-state index >= 15 is 0 Å². The number of nitrogens with zero attached hydrogens (tertiary/aromatic N) is 2. The number of β-amino-alcohol motifs (C(OH)–C–C–N with tert-alkyl or cyclic N) is 1. The summed E-state index contributed by atoms with van der Waals surface area (Å²) in [5, 5.41) is 12.1. The van der Waals surface area contributed by atoms with E-state index in [0.717, 1.165) is 15.4 Å². The standard InChI is InChI=1S/C21H25N3O7S/c1-13-6-7-16(9-14(13)2)32(29,30)24-11-15(25)10-18(24)21(28)31-12-19(26)22-20(27)17-5-4-8-23(17)3/h4-9,15,18,25H,10-12H2,1-3H3,(H,22,26,27). The van der Waals surface area contributed by atoms with Crippen LogP contribution < -0.4 is 5.32 Å². The molecular formula is C21H25N3O7S. The molecule has 1 saturated heterocycles. The van der Waals surface area contributed by atoms with E-state index in [1.807, 2.05) is 6.92 Å². The first-order valence-corrected chi connectivity index (χ1v) is 11.3. The van der Waals surface area contributed by atoms with Crippen LogP contribution in [0.15, 0.2) is 41.4 Å². The maximum atomic E-state index is 13.1. The van der Waals surface area contributed by atoms with E-state index in [0.29, 0.717) is 0 Å². The molecule has 2 N–H and O–H groups in total. The van der Waals surface area contributed by atoms with Gasteiger partial charge in [-0.15, -0.1) is 0 Å². The fourth-order valence-electron chi connectivity index (χ4n) is 3.43. The molecular weight excluding hydrogens is 438 g/mol. The molecule has 0 bridgehead atoms. The number of aromatic nitrogens is 1. The number of aliphatic hydroxyl groups is 1. The van der Waals surface area contributed by atoms with Crippen LogP contribution >= 0.6 is 0 Å². The van der Waals surface area contributed by atoms with Crippen molar-refractivity contribution in [3.8, 4) is 0 Å². The fourth-order valence-corrected chi connectivity index (χ4v) is 5.14. The number of nitrogens with one attached hydrogen (secondary N) is 1. The molecule has 0 aliphatic carbocycles. The summed E-state index contributed by atoms with van der Waals surface area (Å²) >= 11 is 0. The van der Waals surface area contributed by atoms with Gasteiger partial charge in [0.2, 0.25) is 10.0 Å². The largest absolute Gasteiger partial charge is 0.454 e. The van der Waals surface area contributed by atoms with Crippen LogP contribution in [-0.4, -0.2) is 65.5 Å². The SMILES string of the molecule is Cc1ccc(S(=O)(=O)N2CC(O)CC2C(=O)OCC(=O)NC(=O)c2cccn2C)cc1C. The zero-order valence-electron chi connectivity index (χ0n) is 17.9. The van der Waals surface area contributed by atoms with Crippen molar-refractivity contribution in [2.45, 2.75) is 37.3 Å². The Morgan fingerprint density at radius 2 is 1.91 bits per heavy atom. The monoisotopic (exact) mass is 463 g/mol. The third-order valence-corrected chi connectivity index (χ3v) is 7.24. The van der Waals surface area contributed by atoms with Crippen molar-refractivity contribution in [2.75, 3.05) is 13.2 Å². The molecule has 0 saturated carbocycles. The maximum absolute atomic E-state index is 13.1. The van der Waals surface area contributed by atoms with Gasteiger partial charge in [0.15, 0.2) is 6.61 Å². The Labute approximate surface area is 185 Å². The molecule has 2 aromatic rings. The summed E-state index contributed by atoms with van der Waals surface area (Å²) in [4.78, 5) is 36.6. The summed E-state index contributed by atoms with van der Waals surface area (Å²) in [6.07, 6.45) is 0.420. The van der Waals surface area contributed by atoms with Crippen molar-refractivity contribution in [2.24, 2.45) is 7.05 Å². The minimum Gasteiger partial charge on any atom is -0.454 e. The molecule has 1 aromatic heterocycles. The highest BCUT2D eigenvalue weighted by molar-refractivity contribution is 7.89. The zero-order chi connectivity index (χ0) is 23.6. The van der Waals surface area contributed by atoms with Gasteiger partial charge >= 0.3 is 5.97 Å². The first-order chi connectivity index (χ1) is 15.0. The molecule has 11 heteroatoms. The molecule has 2 unspecified atom stereocenters. The van der Waals surface area contributed by atoms with Crippen LogP contribution in [0.4, 0.5) is 0 Å². The molecule has 1 aliphatic heterocycles. The summed E-state index contributed by atoms with van der Waals surface area (Å²) in [6.45, 7) is 2.58. The van der Waals surface area contributed by atoms with Crippen molar-refractivity contribution in [3.05, 3.63) is 53.3 Å². The fraction of sp³-hybridized carbons (Fsp3) is 0.381. The lowest BCUT2D eigenvalue weighted by Crippen LogP contribution is -2.43. The van der Waals surface area contributed by atoms with Crippen molar-refractivity contribution in [1.29, 1.82) is 0 Å². The van der Waals surface area contributed by atoms with E-state index in [2.05, 4.69) is 5.32 Å². The Kier molecular flexibility index (Phi) is 6.82. The van der Waals surface area contributed by atoms with Crippen LogP contribution in [0.5, 0.6) is 0 Å². The predicted octanol–water partition coefficient (Wildman–Crippen LogP) is 0.266. The lowest BCUT2D eigenvalue weighted by atomic mass is 10.1. The number of hydrogen-bond donors (Lipinski definition) is 2. The van der Waals surface area contributed by atoms with Crippen LogP contribution in [0.1, 0.15) is 28.0 Å². The van der Waals surface area contributed by atoms with E-state index in [-0.39, 0.29) is 23.6 Å². The van der Waals surface area contributed by atoms with E-state index in [4.69, 9.17) is 4.74 Å².